The Hall–Kier alpha value is -8.22. The van der Waals surface area contributed by atoms with Gasteiger partial charge in [-0.25, -0.2) is 18.4 Å². The maximum absolute atomic E-state index is 14.9. The fraction of sp³-hybridized carbons (Fsp3) is 0.375. The molecule has 436 valence electrons. The van der Waals surface area contributed by atoms with Crippen LogP contribution in [-0.2, 0) is 0 Å². The van der Waals surface area contributed by atoms with Gasteiger partial charge in [0.05, 0.1) is 11.4 Å². The summed E-state index contributed by atoms with van der Waals surface area (Å²) >= 11 is 0. The fourth-order valence-corrected chi connectivity index (χ4v) is 9.30. The van der Waals surface area contributed by atoms with Crippen LogP contribution in [0.2, 0.25) is 0 Å². The van der Waals surface area contributed by atoms with E-state index < -0.39 is 23.6 Å². The lowest BCUT2D eigenvalue weighted by Gasteiger charge is -2.29. The number of likely N-dealkylation sites (tertiary alicyclic amines) is 2. The molecular weight excluding hydrogens is 1050 g/mol. The minimum atomic E-state index is -0.619. The maximum atomic E-state index is 14.9. The molecule has 2 saturated heterocycles. The van der Waals surface area contributed by atoms with E-state index in [1.807, 2.05) is 53.7 Å². The first-order valence-corrected chi connectivity index (χ1v) is 28.3. The average Bonchev–Trinajstić information content (AvgIpc) is 3.48. The number of hydrogen-bond donors (Lipinski definition) is 6. The van der Waals surface area contributed by atoms with Crippen molar-refractivity contribution in [2.24, 2.45) is 0 Å². The van der Waals surface area contributed by atoms with Crippen molar-refractivity contribution in [2.45, 2.75) is 117 Å². The molecule has 0 radical (unpaired) electrons. The second-order valence-corrected chi connectivity index (χ2v) is 20.9. The summed E-state index contributed by atoms with van der Waals surface area (Å²) in [6.45, 7) is 15.9. The number of halogens is 2. The van der Waals surface area contributed by atoms with E-state index in [4.69, 9.17) is 18.9 Å². The number of rotatable bonds is 20. The Bertz CT molecular complexity index is 3090. The molecule has 8 rings (SSSR count). The topological polar surface area (TPSA) is 184 Å². The van der Waals surface area contributed by atoms with E-state index in [0.717, 1.165) is 100 Å². The molecule has 6 N–H and O–H groups in total. The number of aryl methyl sites for hydroxylation is 2. The Morgan fingerprint density at radius 2 is 0.841 bits per heavy atom. The first kappa shape index (κ1) is 61.4. The molecule has 0 bridgehead atoms. The molecule has 0 saturated carbocycles. The normalized spacial score (nSPS) is 14.0. The van der Waals surface area contributed by atoms with Crippen molar-refractivity contribution in [3.8, 4) is 34.5 Å². The summed E-state index contributed by atoms with van der Waals surface area (Å²) in [6, 6.07) is 32.2. The molecule has 16 nitrogen and oxygen atoms in total. The van der Waals surface area contributed by atoms with Gasteiger partial charge in [0.15, 0.2) is 0 Å². The van der Waals surface area contributed by atoms with Crippen LogP contribution in [0.3, 0.4) is 0 Å². The fourth-order valence-electron chi connectivity index (χ4n) is 9.30. The molecule has 2 heterocycles. The van der Waals surface area contributed by atoms with Crippen LogP contribution in [0, 0.1) is 25.5 Å². The van der Waals surface area contributed by atoms with Gasteiger partial charge in [-0.05, 0) is 200 Å². The van der Waals surface area contributed by atoms with Crippen molar-refractivity contribution in [2.75, 3.05) is 61.5 Å². The number of nitrogens with one attached hydrogen (secondary N) is 6. The van der Waals surface area contributed by atoms with Crippen LogP contribution in [0.5, 0.6) is 34.5 Å². The third kappa shape index (κ3) is 18.4. The minimum absolute atomic E-state index is 0.0338. The molecule has 0 aliphatic carbocycles. The number of anilines is 4. The summed E-state index contributed by atoms with van der Waals surface area (Å²) in [4.78, 5) is 54.5. The second-order valence-electron chi connectivity index (χ2n) is 20.9. The number of hydrogen-bond acceptors (Lipinski definition) is 10. The highest BCUT2D eigenvalue weighted by molar-refractivity contribution is 6.05. The Labute approximate surface area is 480 Å². The van der Waals surface area contributed by atoms with Crippen molar-refractivity contribution in [3.63, 3.8) is 0 Å². The molecular formula is C64H78F2N8O8. The molecule has 6 aromatic carbocycles. The van der Waals surface area contributed by atoms with Gasteiger partial charge in [-0.3, -0.25) is 9.59 Å². The average molecular weight is 1130 g/mol. The zero-order valence-corrected chi connectivity index (χ0v) is 48.3. The van der Waals surface area contributed by atoms with Crippen LogP contribution >= 0.6 is 0 Å². The van der Waals surface area contributed by atoms with E-state index in [0.29, 0.717) is 34.0 Å². The smallest absolute Gasteiger partial charge is 0.319 e. The van der Waals surface area contributed by atoms with E-state index in [1.54, 1.807) is 84.9 Å². The molecule has 2 aliphatic heterocycles. The van der Waals surface area contributed by atoms with Crippen LogP contribution in [0.1, 0.15) is 111 Å². The number of piperidine rings is 2. The first-order chi connectivity index (χ1) is 39.5. The van der Waals surface area contributed by atoms with Crippen molar-refractivity contribution < 1.29 is 46.9 Å². The molecule has 6 amide bonds. The lowest BCUT2D eigenvalue weighted by molar-refractivity contribution is 0.101. The summed E-state index contributed by atoms with van der Waals surface area (Å²) in [6.07, 6.45) is 7.59. The Morgan fingerprint density at radius 1 is 0.476 bits per heavy atom. The Morgan fingerprint density at radius 3 is 1.23 bits per heavy atom. The highest BCUT2D eigenvalue weighted by Gasteiger charge is 2.22. The quantitative estimate of drug-likeness (QED) is 0.0430. The molecule has 0 aromatic heterocycles. The number of nitrogens with zero attached hydrogens (tertiary/aromatic N) is 2. The predicted octanol–water partition coefficient (Wildman–Crippen LogP) is 13.9. The molecule has 2 aliphatic rings. The van der Waals surface area contributed by atoms with E-state index >= 15 is 0 Å². The maximum Gasteiger partial charge on any atom is 0.319 e. The van der Waals surface area contributed by atoms with Crippen molar-refractivity contribution >= 4 is 46.6 Å². The van der Waals surface area contributed by atoms with Crippen molar-refractivity contribution in [3.05, 3.63) is 155 Å². The molecule has 0 spiro atoms. The van der Waals surface area contributed by atoms with Gasteiger partial charge in [-0.15, -0.1) is 0 Å². The zero-order valence-electron chi connectivity index (χ0n) is 48.3. The standard InChI is InChI=1S/2C32H39FN4O4/c1-5-23(6-2)35-32(39)36-29-13-12-27(20-28(29)33)40-25-10-8-24(9-11-25)34-31(38)22-7-14-30(21(3)19-22)41-26-15-17-37(4)18-16-26;1-5-23(6-2)34-32(39)35-24-8-10-25(11-9-24)40-27-12-13-29(28(33)20-27)36-31(38)22-7-14-30(21(3)19-22)41-26-15-17-37(4)18-16-26/h7-14,19-20,23,26H,5-6,15-18H2,1-4H3,(H,34,38)(H2,35,36,39);7-14,19-20,23,26H,5-6,15-18H2,1-4H3,(H,36,38)(H2,34,35,39). The van der Waals surface area contributed by atoms with Crippen LogP contribution in [0.25, 0.3) is 0 Å². The lowest BCUT2D eigenvalue weighted by atomic mass is 10.1. The number of carbonyl (C=O) groups is 4. The largest absolute Gasteiger partial charge is 0.490 e. The molecule has 2 fully saturated rings. The van der Waals surface area contributed by atoms with Gasteiger partial charge in [0, 0.05) is 72.9 Å². The SMILES string of the molecule is CCC(CC)NC(=O)Nc1ccc(Oc2ccc(NC(=O)c3ccc(OC4CCN(C)CC4)c(C)c3)c(F)c2)cc1.CCC(CC)NC(=O)Nc1ccc(Oc2ccc(NC(=O)c3ccc(OC4CCN(C)CC4)c(C)c3)cc2)cc1F. The third-order valence-electron chi connectivity index (χ3n) is 14.5. The predicted molar refractivity (Wildman–Crippen MR) is 319 cm³/mol. The number of ether oxygens (including phenoxy) is 4. The van der Waals surface area contributed by atoms with E-state index in [9.17, 15) is 28.0 Å². The molecule has 82 heavy (non-hydrogen) atoms. The highest BCUT2D eigenvalue weighted by Crippen LogP contribution is 2.31. The monoisotopic (exact) mass is 1120 g/mol. The van der Waals surface area contributed by atoms with Gasteiger partial charge in [-0.2, -0.15) is 0 Å². The van der Waals surface area contributed by atoms with Gasteiger partial charge in [0.2, 0.25) is 0 Å². The van der Waals surface area contributed by atoms with E-state index in [-0.39, 0.29) is 59.1 Å². The van der Waals surface area contributed by atoms with Gasteiger partial charge >= 0.3 is 12.1 Å². The van der Waals surface area contributed by atoms with Gasteiger partial charge in [0.1, 0.15) is 58.3 Å². The zero-order chi connectivity index (χ0) is 58.7. The summed E-state index contributed by atoms with van der Waals surface area (Å²) in [7, 11) is 4.22. The van der Waals surface area contributed by atoms with Gasteiger partial charge in [0.25, 0.3) is 11.8 Å². The summed E-state index contributed by atoms with van der Waals surface area (Å²) < 4.78 is 53.3. The number of urea groups is 2. The van der Waals surface area contributed by atoms with Gasteiger partial charge in [-0.1, -0.05) is 27.7 Å². The van der Waals surface area contributed by atoms with E-state index in [1.165, 1.54) is 24.3 Å². The number of amides is 6. The molecule has 6 aromatic rings. The first-order valence-electron chi connectivity index (χ1n) is 28.3. The summed E-state index contributed by atoms with van der Waals surface area (Å²) in [5.41, 5.74) is 4.05. The molecule has 0 unspecified atom stereocenters. The van der Waals surface area contributed by atoms with Crippen molar-refractivity contribution in [1.29, 1.82) is 0 Å². The van der Waals surface area contributed by atoms with Crippen LogP contribution in [0.4, 0.5) is 41.1 Å². The second kappa shape index (κ2) is 30.0. The van der Waals surface area contributed by atoms with E-state index in [2.05, 4.69) is 55.8 Å². The van der Waals surface area contributed by atoms with Crippen molar-refractivity contribution in [1.82, 2.24) is 20.4 Å². The minimum Gasteiger partial charge on any atom is -0.490 e. The van der Waals surface area contributed by atoms with Gasteiger partial charge < -0.3 is 60.6 Å². The van der Waals surface area contributed by atoms with Crippen LogP contribution < -0.4 is 50.8 Å². The third-order valence-corrected chi connectivity index (χ3v) is 14.5. The molecule has 0 atom stereocenters. The molecule has 18 heteroatoms. The summed E-state index contributed by atoms with van der Waals surface area (Å²) in [5.74, 6) is 1.21. The lowest BCUT2D eigenvalue weighted by Crippen LogP contribution is -2.37. The highest BCUT2D eigenvalue weighted by atomic mass is 19.1. The van der Waals surface area contributed by atoms with Crippen LogP contribution in [0.15, 0.2) is 121 Å². The summed E-state index contributed by atoms with van der Waals surface area (Å²) in [5, 5.41) is 16.6. The number of carbonyl (C=O) groups excluding carboxylic acids is 4. The van der Waals surface area contributed by atoms with Crippen LogP contribution in [-0.4, -0.2) is 98.2 Å². The Balaban J connectivity index is 0.000000236. The Kier molecular flexibility index (Phi) is 22.5. The number of benzene rings is 6.